The Bertz CT molecular complexity index is 1990. The van der Waals surface area contributed by atoms with Gasteiger partial charge in [-0.1, -0.05) is 223 Å². The Labute approximate surface area is 415 Å². The van der Waals surface area contributed by atoms with E-state index in [4.69, 9.17) is 18.9 Å². The molecule has 378 valence electrons. The van der Waals surface area contributed by atoms with Crippen molar-refractivity contribution < 1.29 is 43.2 Å². The molecule has 0 spiro atoms. The lowest BCUT2D eigenvalue weighted by molar-refractivity contribution is 0.0447. The molecule has 0 aliphatic heterocycles. The molecule has 4 aromatic carbocycles. The predicted octanol–water partition coefficient (Wildman–Crippen LogP) is 16.5. The van der Waals surface area contributed by atoms with Crippen molar-refractivity contribution in [2.75, 3.05) is 26.4 Å². The Morgan fingerprint density at radius 3 is 1.09 bits per heavy atom. The fraction of sp³-hybridized carbons (Fsp3) is 0.533. The number of rotatable bonds is 34. The van der Waals surface area contributed by atoms with Crippen LogP contribution in [0.3, 0.4) is 0 Å². The minimum atomic E-state index is -0.831. The molecule has 9 nitrogen and oxygen atoms in total. The molecule has 0 saturated heterocycles. The number of phenolic OH excluding ortho intramolecular Hbond substituents is 1. The van der Waals surface area contributed by atoms with Gasteiger partial charge in [-0.2, -0.15) is 0 Å². The number of benzene rings is 4. The maximum absolute atomic E-state index is 13.6. The van der Waals surface area contributed by atoms with Crippen molar-refractivity contribution in [3.8, 4) is 28.0 Å². The summed E-state index contributed by atoms with van der Waals surface area (Å²) in [5, 5.41) is 11.7. The average molecular weight is 949 g/mol. The molecular formula is C60H84O9. The second-order valence-corrected chi connectivity index (χ2v) is 18.0. The van der Waals surface area contributed by atoms with Crippen LogP contribution in [0.5, 0.6) is 5.75 Å². The first-order valence-corrected chi connectivity index (χ1v) is 26.6. The van der Waals surface area contributed by atoms with Crippen molar-refractivity contribution >= 4 is 23.9 Å². The molecule has 69 heavy (non-hydrogen) atoms. The fourth-order valence-electron chi connectivity index (χ4n) is 8.02. The monoisotopic (exact) mass is 949 g/mol. The summed E-state index contributed by atoms with van der Waals surface area (Å²) in [7, 11) is 0. The van der Waals surface area contributed by atoms with Crippen LogP contribution in [-0.2, 0) is 18.9 Å². The lowest BCUT2D eigenvalue weighted by Gasteiger charge is -2.16. The zero-order chi connectivity index (χ0) is 49.7. The quantitative estimate of drug-likeness (QED) is 0.0277. The standard InChI is InChI=1S/C48H74O9.C12H10/c1-5-9-13-17-21-25-33-54-45(50)40-30-29-38(37-42(40)47(52)56-35-27-23-19-15-11-7-3)39-31-32-41(46(51)55-34-26-22-18-14-10-6-2)43(44(39)49)48(53)57-36-28-24-20-16-12-8-4;1-3-7-11(8-4-1)12-9-5-2-6-10-12/h29-32,37,49H,5-28,33-36H2,1-4H3;1-10H. The molecule has 9 heteroatoms. The third-order valence-electron chi connectivity index (χ3n) is 12.2. The number of carbonyl (C=O) groups is 4. The van der Waals surface area contributed by atoms with Crippen molar-refractivity contribution in [1.82, 2.24) is 0 Å². The SMILES string of the molecule is CCCCCCCCOC(=O)c1ccc(-c2ccc(C(=O)OCCCCCCCC)c(C(=O)OCCCCCCCC)c2O)cc1C(=O)OCCCCCCCC.c1ccc(-c2ccccc2)cc1. The zero-order valence-corrected chi connectivity index (χ0v) is 42.7. The Morgan fingerprint density at radius 1 is 0.348 bits per heavy atom. The van der Waals surface area contributed by atoms with Crippen LogP contribution >= 0.6 is 0 Å². The van der Waals surface area contributed by atoms with E-state index in [0.29, 0.717) is 24.8 Å². The summed E-state index contributed by atoms with van der Waals surface area (Å²) >= 11 is 0. The van der Waals surface area contributed by atoms with Crippen LogP contribution in [0.2, 0.25) is 0 Å². The Hall–Kier alpha value is -5.44. The first-order valence-electron chi connectivity index (χ1n) is 26.6. The van der Waals surface area contributed by atoms with E-state index in [0.717, 1.165) is 116 Å². The molecule has 0 radical (unpaired) electrons. The highest BCUT2D eigenvalue weighted by Gasteiger charge is 2.28. The van der Waals surface area contributed by atoms with Gasteiger partial charge in [-0.3, -0.25) is 0 Å². The molecule has 0 amide bonds. The van der Waals surface area contributed by atoms with Gasteiger partial charge in [0.25, 0.3) is 0 Å². The van der Waals surface area contributed by atoms with Crippen molar-refractivity contribution in [3.05, 3.63) is 113 Å². The van der Waals surface area contributed by atoms with Crippen LogP contribution in [0.25, 0.3) is 22.3 Å². The molecule has 1 N–H and O–H groups in total. The predicted molar refractivity (Wildman–Crippen MR) is 280 cm³/mol. The number of esters is 4. The number of carbonyl (C=O) groups excluding carboxylic acids is 4. The highest BCUT2D eigenvalue weighted by atomic mass is 16.5. The Balaban J connectivity index is 0.000000898. The van der Waals surface area contributed by atoms with Gasteiger partial charge in [0.1, 0.15) is 11.3 Å². The fourth-order valence-corrected chi connectivity index (χ4v) is 8.02. The van der Waals surface area contributed by atoms with Gasteiger partial charge in [-0.15, -0.1) is 0 Å². The van der Waals surface area contributed by atoms with Gasteiger partial charge in [0.2, 0.25) is 0 Å². The van der Waals surface area contributed by atoms with E-state index in [1.54, 1.807) is 6.07 Å². The number of hydrogen-bond donors (Lipinski definition) is 1. The molecule has 0 atom stereocenters. The highest BCUT2D eigenvalue weighted by molar-refractivity contribution is 6.08. The Kier molecular flexibility index (Phi) is 30.6. The van der Waals surface area contributed by atoms with Gasteiger partial charge < -0.3 is 24.1 Å². The molecule has 4 rings (SSSR count). The van der Waals surface area contributed by atoms with Crippen LogP contribution in [-0.4, -0.2) is 55.4 Å². The molecule has 0 aliphatic carbocycles. The van der Waals surface area contributed by atoms with Gasteiger partial charge in [-0.25, -0.2) is 19.2 Å². The van der Waals surface area contributed by atoms with E-state index in [9.17, 15) is 24.3 Å². The summed E-state index contributed by atoms with van der Waals surface area (Å²) < 4.78 is 22.4. The van der Waals surface area contributed by atoms with Crippen LogP contribution in [0.15, 0.2) is 91.0 Å². The second-order valence-electron chi connectivity index (χ2n) is 18.0. The van der Waals surface area contributed by atoms with E-state index in [-0.39, 0.29) is 54.2 Å². The average Bonchev–Trinajstić information content (AvgIpc) is 3.37. The lowest BCUT2D eigenvalue weighted by Crippen LogP contribution is -2.16. The normalized spacial score (nSPS) is 10.8. The molecule has 0 bridgehead atoms. The summed E-state index contributed by atoms with van der Waals surface area (Å²) in [6.45, 7) is 9.42. The van der Waals surface area contributed by atoms with Gasteiger partial charge in [0.05, 0.1) is 43.1 Å². The van der Waals surface area contributed by atoms with E-state index in [2.05, 4.69) is 76.2 Å². The van der Waals surface area contributed by atoms with Crippen LogP contribution in [0, 0.1) is 0 Å². The van der Waals surface area contributed by atoms with Crippen molar-refractivity contribution in [3.63, 3.8) is 0 Å². The number of hydrogen-bond acceptors (Lipinski definition) is 9. The summed E-state index contributed by atoms with van der Waals surface area (Å²) in [6, 6.07) is 28.3. The maximum Gasteiger partial charge on any atom is 0.342 e. The van der Waals surface area contributed by atoms with E-state index >= 15 is 0 Å². The van der Waals surface area contributed by atoms with Crippen LogP contribution < -0.4 is 0 Å². The summed E-state index contributed by atoms with van der Waals surface area (Å²) in [5.41, 5.74) is 2.77. The van der Waals surface area contributed by atoms with Gasteiger partial charge in [0.15, 0.2) is 0 Å². The molecule has 0 aliphatic rings. The van der Waals surface area contributed by atoms with E-state index in [1.807, 2.05) is 12.1 Å². The van der Waals surface area contributed by atoms with Crippen molar-refractivity contribution in [1.29, 1.82) is 0 Å². The minimum Gasteiger partial charge on any atom is -0.506 e. The molecule has 0 saturated carbocycles. The Morgan fingerprint density at radius 2 is 0.681 bits per heavy atom. The molecule has 4 aromatic rings. The largest absolute Gasteiger partial charge is 0.506 e. The molecule has 0 aromatic heterocycles. The van der Waals surface area contributed by atoms with Gasteiger partial charge >= 0.3 is 23.9 Å². The van der Waals surface area contributed by atoms with Crippen LogP contribution in [0.4, 0.5) is 0 Å². The van der Waals surface area contributed by atoms with E-state index in [1.165, 1.54) is 54.7 Å². The minimum absolute atomic E-state index is 0.000418. The summed E-state index contributed by atoms with van der Waals surface area (Å²) in [6.07, 6.45) is 24.5. The first kappa shape index (κ1) is 57.9. The number of aromatic hydroxyl groups is 1. The lowest BCUT2D eigenvalue weighted by atomic mass is 9.94. The van der Waals surface area contributed by atoms with Gasteiger partial charge in [-0.05, 0) is 66.6 Å². The van der Waals surface area contributed by atoms with Gasteiger partial charge in [0, 0.05) is 5.56 Å². The molecule has 0 fully saturated rings. The number of phenols is 1. The molecular weight excluding hydrogens is 865 g/mol. The summed E-state index contributed by atoms with van der Waals surface area (Å²) in [5.74, 6) is -3.33. The topological polar surface area (TPSA) is 125 Å². The summed E-state index contributed by atoms with van der Waals surface area (Å²) in [4.78, 5) is 53.9. The van der Waals surface area contributed by atoms with Crippen LogP contribution in [0.1, 0.15) is 223 Å². The maximum atomic E-state index is 13.6. The zero-order valence-electron chi connectivity index (χ0n) is 42.7. The second kappa shape index (κ2) is 36.5. The molecule has 0 unspecified atom stereocenters. The van der Waals surface area contributed by atoms with Crippen molar-refractivity contribution in [2.24, 2.45) is 0 Å². The smallest absolute Gasteiger partial charge is 0.342 e. The number of unbranched alkanes of at least 4 members (excludes halogenated alkanes) is 20. The van der Waals surface area contributed by atoms with Crippen molar-refractivity contribution in [2.45, 2.75) is 182 Å². The first-order chi connectivity index (χ1) is 33.8. The highest BCUT2D eigenvalue weighted by Crippen LogP contribution is 2.37. The number of ether oxygens (including phenoxy) is 4. The third kappa shape index (κ3) is 22.7. The third-order valence-corrected chi connectivity index (χ3v) is 12.2. The van der Waals surface area contributed by atoms with E-state index < -0.39 is 29.6 Å². The molecule has 0 heterocycles.